The number of ether oxygens (including phenoxy) is 1. The molecular weight excluding hydrogens is 398 g/mol. The van der Waals surface area contributed by atoms with Gasteiger partial charge in [-0.3, -0.25) is 4.98 Å². The highest BCUT2D eigenvalue weighted by atomic mass is 32.1. The summed E-state index contributed by atoms with van der Waals surface area (Å²) in [6.45, 7) is 2.92. The minimum absolute atomic E-state index is 0.125. The van der Waals surface area contributed by atoms with Crippen LogP contribution in [0.5, 0.6) is 0 Å². The largest absolute Gasteiger partial charge is 0.465 e. The normalized spacial score (nSPS) is 18.3. The van der Waals surface area contributed by atoms with Crippen LogP contribution in [0.4, 0.5) is 0 Å². The summed E-state index contributed by atoms with van der Waals surface area (Å²) in [7, 11) is 1.37. The molecule has 1 aromatic carbocycles. The number of carbonyl (C=O) groups is 1. The van der Waals surface area contributed by atoms with Crippen LogP contribution in [0.1, 0.15) is 47.2 Å². The summed E-state index contributed by atoms with van der Waals surface area (Å²) in [5, 5.41) is 4.09. The molecule has 3 aromatic rings. The number of furan rings is 1. The van der Waals surface area contributed by atoms with Gasteiger partial charge in [0, 0.05) is 18.3 Å². The Morgan fingerprint density at radius 2 is 2.00 bits per heavy atom. The number of rotatable bonds is 6. The van der Waals surface area contributed by atoms with E-state index in [-0.39, 0.29) is 12.1 Å². The molecule has 0 radical (unpaired) electrons. The number of nitrogens with zero attached hydrogens (tertiary/aromatic N) is 2. The summed E-state index contributed by atoms with van der Waals surface area (Å²) < 4.78 is 11.2. The van der Waals surface area contributed by atoms with E-state index < -0.39 is 5.97 Å². The molecule has 4 rings (SSSR count). The molecule has 3 heterocycles. The Balaban J connectivity index is 1.74. The molecule has 6 nitrogen and oxygen atoms in total. The second-order valence-electron chi connectivity index (χ2n) is 7.06. The smallest absolute Gasteiger partial charge is 0.338 e. The number of methoxy groups -OCH3 is 1. The fourth-order valence-electron chi connectivity index (χ4n) is 3.84. The van der Waals surface area contributed by atoms with E-state index in [1.807, 2.05) is 42.5 Å². The first kappa shape index (κ1) is 20.1. The van der Waals surface area contributed by atoms with Crippen molar-refractivity contribution in [2.75, 3.05) is 13.7 Å². The van der Waals surface area contributed by atoms with Gasteiger partial charge in [0.1, 0.15) is 17.6 Å². The summed E-state index contributed by atoms with van der Waals surface area (Å²) in [6, 6.07) is 16.7. The lowest BCUT2D eigenvalue weighted by Gasteiger charge is -2.25. The fourth-order valence-corrected chi connectivity index (χ4v) is 4.17. The number of esters is 1. The van der Waals surface area contributed by atoms with Gasteiger partial charge in [-0.15, -0.1) is 0 Å². The predicted octanol–water partition coefficient (Wildman–Crippen LogP) is 4.51. The fraction of sp³-hybridized carbons (Fsp3) is 0.261. The third-order valence-corrected chi connectivity index (χ3v) is 5.53. The lowest BCUT2D eigenvalue weighted by molar-refractivity contribution is 0.0601. The molecule has 0 saturated carbocycles. The van der Waals surface area contributed by atoms with Crippen LogP contribution in [0.2, 0.25) is 0 Å². The van der Waals surface area contributed by atoms with Crippen molar-refractivity contribution in [2.45, 2.75) is 25.4 Å². The van der Waals surface area contributed by atoms with Crippen molar-refractivity contribution in [3.63, 3.8) is 0 Å². The molecule has 7 heteroatoms. The van der Waals surface area contributed by atoms with E-state index in [1.165, 1.54) is 7.11 Å². The second-order valence-corrected chi connectivity index (χ2v) is 7.45. The molecule has 154 valence electrons. The van der Waals surface area contributed by atoms with Gasteiger partial charge in [0.25, 0.3) is 0 Å². The Kier molecular flexibility index (Phi) is 5.81. The van der Waals surface area contributed by atoms with Crippen LogP contribution in [-0.2, 0) is 4.74 Å². The summed E-state index contributed by atoms with van der Waals surface area (Å²) in [6.07, 6.45) is 2.73. The van der Waals surface area contributed by atoms with Crippen LogP contribution >= 0.6 is 12.2 Å². The predicted molar refractivity (Wildman–Crippen MR) is 118 cm³/mol. The second kappa shape index (κ2) is 8.67. The van der Waals surface area contributed by atoms with Crippen LogP contribution in [0.25, 0.3) is 11.3 Å². The molecule has 2 aromatic heterocycles. The zero-order valence-electron chi connectivity index (χ0n) is 16.9. The number of nitrogens with one attached hydrogen (secondary N) is 1. The highest BCUT2D eigenvalue weighted by Gasteiger charge is 2.41. The number of hydrogen-bond donors (Lipinski definition) is 1. The van der Waals surface area contributed by atoms with Gasteiger partial charge in [0.2, 0.25) is 0 Å². The maximum atomic E-state index is 12.2. The number of aromatic nitrogens is 1. The SMILES string of the molecule is CCCN1C(=S)N[C@@H](c2ccccn2)[C@@H]1c1ccc(-c2ccccc2C(=O)OC)o1. The lowest BCUT2D eigenvalue weighted by Crippen LogP contribution is -2.30. The number of hydrogen-bond acceptors (Lipinski definition) is 5. The molecule has 1 aliphatic heterocycles. The van der Waals surface area contributed by atoms with Crippen molar-refractivity contribution in [2.24, 2.45) is 0 Å². The molecule has 0 spiro atoms. The number of carbonyl (C=O) groups excluding carboxylic acids is 1. The molecule has 30 heavy (non-hydrogen) atoms. The summed E-state index contributed by atoms with van der Waals surface area (Å²) in [4.78, 5) is 18.8. The van der Waals surface area contributed by atoms with Crippen molar-refractivity contribution in [3.8, 4) is 11.3 Å². The zero-order valence-corrected chi connectivity index (χ0v) is 17.7. The molecule has 1 aliphatic rings. The van der Waals surface area contributed by atoms with Gasteiger partial charge in [0.15, 0.2) is 5.11 Å². The lowest BCUT2D eigenvalue weighted by atomic mass is 10.0. The Morgan fingerprint density at radius 3 is 2.73 bits per heavy atom. The van der Waals surface area contributed by atoms with Crippen molar-refractivity contribution in [1.82, 2.24) is 15.2 Å². The van der Waals surface area contributed by atoms with E-state index in [0.29, 0.717) is 22.0 Å². The first-order valence-corrected chi connectivity index (χ1v) is 10.3. The van der Waals surface area contributed by atoms with E-state index in [4.69, 9.17) is 21.4 Å². The van der Waals surface area contributed by atoms with Crippen molar-refractivity contribution >= 4 is 23.3 Å². The van der Waals surface area contributed by atoms with Gasteiger partial charge < -0.3 is 19.4 Å². The summed E-state index contributed by atoms with van der Waals surface area (Å²) >= 11 is 5.62. The summed E-state index contributed by atoms with van der Waals surface area (Å²) in [5.41, 5.74) is 2.06. The topological polar surface area (TPSA) is 67.6 Å². The minimum Gasteiger partial charge on any atom is -0.465 e. The molecule has 0 aliphatic carbocycles. The highest BCUT2D eigenvalue weighted by molar-refractivity contribution is 7.80. The minimum atomic E-state index is -0.397. The molecule has 1 saturated heterocycles. The maximum Gasteiger partial charge on any atom is 0.338 e. The molecular formula is C23H23N3O3S. The van der Waals surface area contributed by atoms with Gasteiger partial charge in [-0.25, -0.2) is 4.79 Å². The van der Waals surface area contributed by atoms with Crippen LogP contribution < -0.4 is 5.32 Å². The average Bonchev–Trinajstić information content (AvgIpc) is 3.39. The maximum absolute atomic E-state index is 12.2. The van der Waals surface area contributed by atoms with E-state index in [9.17, 15) is 4.79 Å². The Bertz CT molecular complexity index is 1050. The first-order chi connectivity index (χ1) is 14.6. The van der Waals surface area contributed by atoms with Crippen LogP contribution in [0.3, 0.4) is 0 Å². The monoisotopic (exact) mass is 421 g/mol. The standard InChI is InChI=1S/C23H23N3O3S/c1-3-14-26-21(20(25-23(26)30)17-10-6-7-13-24-17)19-12-11-18(29-19)15-8-4-5-9-16(15)22(27)28-2/h4-13,20-21H,3,14H2,1-2H3,(H,25,30)/t20-,21-/m0/s1. The Morgan fingerprint density at radius 1 is 1.20 bits per heavy atom. The highest BCUT2D eigenvalue weighted by Crippen LogP contribution is 2.40. The van der Waals surface area contributed by atoms with E-state index >= 15 is 0 Å². The number of benzene rings is 1. The van der Waals surface area contributed by atoms with Crippen LogP contribution in [-0.4, -0.2) is 34.6 Å². The molecule has 0 amide bonds. The number of pyridine rings is 1. The van der Waals surface area contributed by atoms with Gasteiger partial charge in [-0.1, -0.05) is 31.2 Å². The average molecular weight is 422 g/mol. The van der Waals surface area contributed by atoms with Gasteiger partial charge in [-0.2, -0.15) is 0 Å². The van der Waals surface area contributed by atoms with Crippen molar-refractivity contribution in [1.29, 1.82) is 0 Å². The molecule has 2 atom stereocenters. The zero-order chi connectivity index (χ0) is 21.1. The summed E-state index contributed by atoms with van der Waals surface area (Å²) in [5.74, 6) is 0.979. The number of thiocarbonyl (C=S) groups is 1. The van der Waals surface area contributed by atoms with E-state index in [2.05, 4.69) is 22.1 Å². The molecule has 0 bridgehead atoms. The van der Waals surface area contributed by atoms with Crippen LogP contribution in [0, 0.1) is 0 Å². The first-order valence-electron chi connectivity index (χ1n) is 9.89. The Hall–Kier alpha value is -3.19. The van der Waals surface area contributed by atoms with Crippen LogP contribution in [0.15, 0.2) is 65.2 Å². The van der Waals surface area contributed by atoms with Crippen molar-refractivity contribution in [3.05, 3.63) is 77.8 Å². The quantitative estimate of drug-likeness (QED) is 0.464. The molecule has 1 fully saturated rings. The Labute approximate surface area is 180 Å². The van der Waals surface area contributed by atoms with Gasteiger partial charge in [-0.05, 0) is 49.0 Å². The third-order valence-electron chi connectivity index (χ3n) is 5.18. The molecule has 1 N–H and O–H groups in total. The van der Waals surface area contributed by atoms with E-state index in [0.717, 1.165) is 24.4 Å². The van der Waals surface area contributed by atoms with E-state index in [1.54, 1.807) is 18.3 Å². The van der Waals surface area contributed by atoms with Crippen molar-refractivity contribution < 1.29 is 13.9 Å². The van der Waals surface area contributed by atoms with Gasteiger partial charge in [0.05, 0.1) is 24.4 Å². The molecule has 0 unspecified atom stereocenters. The third kappa shape index (κ3) is 3.68. The van der Waals surface area contributed by atoms with Gasteiger partial charge >= 0.3 is 5.97 Å².